The Labute approximate surface area is 173 Å². The lowest BCUT2D eigenvalue weighted by molar-refractivity contribution is -0.125. The predicted molar refractivity (Wildman–Crippen MR) is 109 cm³/mol. The largest absolute Gasteiger partial charge is 0.351 e. The number of carbonyl (C=O) groups is 2. The van der Waals surface area contributed by atoms with Crippen molar-refractivity contribution in [3.8, 4) is 0 Å². The highest BCUT2D eigenvalue weighted by Crippen LogP contribution is 2.35. The maximum absolute atomic E-state index is 13.7. The maximum atomic E-state index is 13.7. The lowest BCUT2D eigenvalue weighted by atomic mass is 9.85. The average Bonchev–Trinajstić information content (AvgIpc) is 3.06. The Kier molecular flexibility index (Phi) is 5.67. The van der Waals surface area contributed by atoms with Gasteiger partial charge in [0.25, 0.3) is 5.91 Å². The summed E-state index contributed by atoms with van der Waals surface area (Å²) in [7, 11) is 0. The van der Waals surface area contributed by atoms with Crippen LogP contribution in [0, 0.1) is 11.6 Å². The molecule has 2 aliphatic rings. The van der Waals surface area contributed by atoms with Gasteiger partial charge < -0.3 is 20.4 Å². The molecule has 2 heterocycles. The van der Waals surface area contributed by atoms with Gasteiger partial charge in [-0.05, 0) is 37.1 Å². The lowest BCUT2D eigenvalue weighted by Gasteiger charge is -2.43. The van der Waals surface area contributed by atoms with Gasteiger partial charge in [-0.2, -0.15) is 0 Å². The van der Waals surface area contributed by atoms with Crippen molar-refractivity contribution in [1.29, 1.82) is 0 Å². The van der Waals surface area contributed by atoms with Gasteiger partial charge in [0.05, 0.1) is 12.2 Å². The number of carbonyl (C=O) groups excluding carboxylic acids is 2. The Hall–Kier alpha value is -3.00. The molecule has 2 saturated heterocycles. The number of hydrogen-bond acceptors (Lipinski definition) is 4. The van der Waals surface area contributed by atoms with Crippen LogP contribution in [0.3, 0.4) is 0 Å². The van der Waals surface area contributed by atoms with E-state index in [9.17, 15) is 18.4 Å². The van der Waals surface area contributed by atoms with Crippen molar-refractivity contribution in [3.63, 3.8) is 0 Å². The third-order valence-corrected chi connectivity index (χ3v) is 5.98. The second kappa shape index (κ2) is 8.39. The number of nitrogens with one attached hydrogen (secondary N) is 2. The highest BCUT2D eigenvalue weighted by Gasteiger charge is 2.50. The summed E-state index contributed by atoms with van der Waals surface area (Å²) in [5.74, 6) is -2.09. The van der Waals surface area contributed by atoms with Crippen LogP contribution in [0.4, 0.5) is 14.5 Å². The molecule has 2 aromatic rings. The summed E-state index contributed by atoms with van der Waals surface area (Å²) >= 11 is 0. The van der Waals surface area contributed by atoms with Crippen LogP contribution in [0.1, 0.15) is 23.2 Å². The zero-order chi connectivity index (χ0) is 21.1. The number of nitrogens with zero attached hydrogens (tertiary/aromatic N) is 2. The van der Waals surface area contributed by atoms with Crippen LogP contribution in [0.5, 0.6) is 0 Å². The number of likely N-dealkylation sites (tertiary alicyclic amines) is 1. The van der Waals surface area contributed by atoms with Gasteiger partial charge in [0.15, 0.2) is 0 Å². The molecule has 2 N–H and O–H groups in total. The summed E-state index contributed by atoms with van der Waals surface area (Å²) in [5, 5.41) is 5.66. The molecule has 6 nitrogen and oxygen atoms in total. The van der Waals surface area contributed by atoms with Crippen LogP contribution >= 0.6 is 0 Å². The number of para-hydroxylation sites is 1. The molecule has 1 spiro atoms. The molecule has 0 saturated carbocycles. The molecule has 0 radical (unpaired) electrons. The van der Waals surface area contributed by atoms with Crippen molar-refractivity contribution in [3.05, 3.63) is 65.7 Å². The van der Waals surface area contributed by atoms with Gasteiger partial charge in [0.1, 0.15) is 17.2 Å². The van der Waals surface area contributed by atoms with Crippen LogP contribution in [0.2, 0.25) is 0 Å². The molecule has 2 fully saturated rings. The molecule has 0 bridgehead atoms. The Morgan fingerprint density at radius 3 is 2.53 bits per heavy atom. The molecule has 0 unspecified atom stereocenters. The topological polar surface area (TPSA) is 64.7 Å². The number of piperidine rings is 1. The first-order valence-electron chi connectivity index (χ1n) is 10.1. The standard InChI is InChI=1S/C22H24F2N4O2/c23-16-6-7-18(19(24)14-16)20(29)25-10-13-27-11-8-22(9-12-27)21(30)26-15-28(22)17-4-2-1-3-5-17/h1-7,14H,8-13,15H2,(H,25,29)(H,26,30). The maximum Gasteiger partial charge on any atom is 0.254 e. The molecular formula is C22H24F2N4O2. The van der Waals surface area contributed by atoms with E-state index in [1.165, 1.54) is 0 Å². The first-order chi connectivity index (χ1) is 14.5. The van der Waals surface area contributed by atoms with Gasteiger partial charge in [0.2, 0.25) is 5.91 Å². The van der Waals surface area contributed by atoms with E-state index in [1.807, 2.05) is 30.3 Å². The highest BCUT2D eigenvalue weighted by molar-refractivity contribution is 5.94. The summed E-state index contributed by atoms with van der Waals surface area (Å²) in [6.07, 6.45) is 1.38. The number of amides is 2. The number of hydrogen-bond donors (Lipinski definition) is 2. The Morgan fingerprint density at radius 1 is 1.10 bits per heavy atom. The summed E-state index contributed by atoms with van der Waals surface area (Å²) in [6, 6.07) is 12.8. The van der Waals surface area contributed by atoms with Crippen molar-refractivity contribution >= 4 is 17.5 Å². The third kappa shape index (κ3) is 3.87. The molecule has 0 atom stereocenters. The lowest BCUT2D eigenvalue weighted by Crippen LogP contribution is -2.57. The second-order valence-electron chi connectivity index (χ2n) is 7.68. The van der Waals surface area contributed by atoms with Crippen LogP contribution in [-0.4, -0.2) is 55.1 Å². The minimum absolute atomic E-state index is 0.0612. The summed E-state index contributed by atoms with van der Waals surface area (Å²) < 4.78 is 26.7. The van der Waals surface area contributed by atoms with Crippen molar-refractivity contribution in [1.82, 2.24) is 15.5 Å². The van der Waals surface area contributed by atoms with E-state index in [-0.39, 0.29) is 11.5 Å². The molecule has 30 heavy (non-hydrogen) atoms. The molecule has 2 aromatic carbocycles. The van der Waals surface area contributed by atoms with E-state index in [1.54, 1.807) is 0 Å². The second-order valence-corrected chi connectivity index (χ2v) is 7.68. The predicted octanol–water partition coefficient (Wildman–Crippen LogP) is 2.12. The molecule has 2 amide bonds. The summed E-state index contributed by atoms with van der Waals surface area (Å²) in [6.45, 7) is 2.88. The van der Waals surface area contributed by atoms with Crippen molar-refractivity contribution < 1.29 is 18.4 Å². The van der Waals surface area contributed by atoms with Gasteiger partial charge >= 0.3 is 0 Å². The number of rotatable bonds is 5. The van der Waals surface area contributed by atoms with Gasteiger partial charge in [-0.25, -0.2) is 8.78 Å². The zero-order valence-electron chi connectivity index (χ0n) is 16.5. The first-order valence-corrected chi connectivity index (χ1v) is 10.1. The summed E-state index contributed by atoms with van der Waals surface area (Å²) in [4.78, 5) is 29.1. The SMILES string of the molecule is O=C(NCCN1CCC2(CC1)C(=O)NCN2c1ccccc1)c1ccc(F)cc1F. The minimum Gasteiger partial charge on any atom is -0.351 e. The Morgan fingerprint density at radius 2 is 1.83 bits per heavy atom. The van der Waals surface area contributed by atoms with Crippen LogP contribution < -0.4 is 15.5 Å². The normalized spacial score (nSPS) is 18.5. The molecule has 0 aromatic heterocycles. The van der Waals surface area contributed by atoms with Crippen LogP contribution in [0.25, 0.3) is 0 Å². The van der Waals surface area contributed by atoms with E-state index in [0.717, 1.165) is 30.9 Å². The third-order valence-electron chi connectivity index (χ3n) is 5.98. The summed E-state index contributed by atoms with van der Waals surface area (Å²) in [5.41, 5.74) is 0.311. The molecule has 158 valence electrons. The van der Waals surface area contributed by atoms with E-state index < -0.39 is 23.1 Å². The molecule has 0 aliphatic carbocycles. The first kappa shape index (κ1) is 20.3. The highest BCUT2D eigenvalue weighted by atomic mass is 19.1. The Balaban J connectivity index is 1.31. The average molecular weight is 414 g/mol. The molecular weight excluding hydrogens is 390 g/mol. The fourth-order valence-electron chi connectivity index (χ4n) is 4.28. The van der Waals surface area contributed by atoms with Crippen LogP contribution in [-0.2, 0) is 4.79 Å². The molecule has 2 aliphatic heterocycles. The fourth-order valence-corrected chi connectivity index (χ4v) is 4.28. The van der Waals surface area contributed by atoms with Gasteiger partial charge in [-0.3, -0.25) is 9.59 Å². The quantitative estimate of drug-likeness (QED) is 0.787. The van der Waals surface area contributed by atoms with Gasteiger partial charge in [-0.1, -0.05) is 18.2 Å². The Bertz CT molecular complexity index is 930. The number of benzene rings is 2. The molecule has 8 heteroatoms. The van der Waals surface area contributed by atoms with Gasteiger partial charge in [0, 0.05) is 37.9 Å². The number of halogens is 2. The van der Waals surface area contributed by atoms with Crippen LogP contribution in [0.15, 0.2) is 48.5 Å². The van der Waals surface area contributed by atoms with E-state index in [4.69, 9.17) is 0 Å². The van der Waals surface area contributed by atoms with Crippen molar-refractivity contribution in [2.75, 3.05) is 37.7 Å². The van der Waals surface area contributed by atoms with E-state index in [2.05, 4.69) is 20.4 Å². The molecule has 4 rings (SSSR count). The smallest absolute Gasteiger partial charge is 0.254 e. The monoisotopic (exact) mass is 414 g/mol. The fraction of sp³-hybridized carbons (Fsp3) is 0.364. The zero-order valence-corrected chi connectivity index (χ0v) is 16.5. The number of anilines is 1. The van der Waals surface area contributed by atoms with Crippen molar-refractivity contribution in [2.45, 2.75) is 18.4 Å². The van der Waals surface area contributed by atoms with Gasteiger partial charge in [-0.15, -0.1) is 0 Å². The minimum atomic E-state index is -0.874. The van der Waals surface area contributed by atoms with Crippen molar-refractivity contribution in [2.24, 2.45) is 0 Å². The van der Waals surface area contributed by atoms with E-state index >= 15 is 0 Å². The van der Waals surface area contributed by atoms with E-state index in [0.29, 0.717) is 38.7 Å².